The first kappa shape index (κ1) is 44.9. The van der Waals surface area contributed by atoms with Gasteiger partial charge in [0.1, 0.15) is 19.5 Å². The summed E-state index contributed by atoms with van der Waals surface area (Å²) in [5, 5.41) is 23.0. The van der Waals surface area contributed by atoms with Crippen molar-refractivity contribution in [1.29, 1.82) is 0 Å². The molecule has 58 heavy (non-hydrogen) atoms. The van der Waals surface area contributed by atoms with Crippen LogP contribution in [-0.4, -0.2) is 39.2 Å². The van der Waals surface area contributed by atoms with Crippen LogP contribution in [0.4, 0.5) is 0 Å². The number of fused-ring (bicyclic) bond motifs is 5. The molecule has 0 aliphatic heterocycles. The zero-order valence-electron chi connectivity index (χ0n) is 38.5. The second-order valence-electron chi connectivity index (χ2n) is 20.9. The highest BCUT2D eigenvalue weighted by atomic mass is 16.5. The molecule has 7 heteroatoms. The van der Waals surface area contributed by atoms with Gasteiger partial charge < -0.3 is 14.4 Å². The summed E-state index contributed by atoms with van der Waals surface area (Å²) in [6.07, 6.45) is 15.5. The Morgan fingerprint density at radius 3 is 2.31 bits per heavy atom. The minimum absolute atomic E-state index is 0.00103. The van der Waals surface area contributed by atoms with E-state index in [1.807, 2.05) is 6.08 Å². The molecule has 1 aromatic carbocycles. The Kier molecular flexibility index (Phi) is 13.7. The molecule has 10 unspecified atom stereocenters. The average molecular weight is 793 g/mol. The fourth-order valence-electron chi connectivity index (χ4n) is 13.8. The van der Waals surface area contributed by atoms with Crippen LogP contribution in [0.1, 0.15) is 164 Å². The number of esters is 1. The smallest absolute Gasteiger partial charge is 0.306 e. The maximum Gasteiger partial charge on any atom is 0.306 e. The number of hydrogen-bond acceptors (Lipinski definition) is 5. The van der Waals surface area contributed by atoms with E-state index < -0.39 is 6.10 Å². The van der Waals surface area contributed by atoms with Crippen LogP contribution in [0.25, 0.3) is 11.4 Å². The maximum atomic E-state index is 13.2. The molecule has 4 aliphatic carbocycles. The molecule has 6 nitrogen and oxygen atoms in total. The third-order valence-corrected chi connectivity index (χ3v) is 16.9. The van der Waals surface area contributed by atoms with Crippen LogP contribution >= 0.6 is 0 Å². The Balaban J connectivity index is 1.35. The van der Waals surface area contributed by atoms with Gasteiger partial charge in [-0.05, 0) is 128 Å². The van der Waals surface area contributed by atoms with E-state index in [9.17, 15) is 9.90 Å². The van der Waals surface area contributed by atoms with E-state index in [0.29, 0.717) is 41.9 Å². The highest BCUT2D eigenvalue weighted by Crippen LogP contribution is 2.72. The predicted molar refractivity (Wildman–Crippen MR) is 240 cm³/mol. The minimum Gasteiger partial charge on any atom is -0.462 e. The van der Waals surface area contributed by atoms with Gasteiger partial charge in [0.15, 0.2) is 11.6 Å². The van der Waals surface area contributed by atoms with Crippen LogP contribution in [0.15, 0.2) is 48.1 Å². The molecule has 0 amide bonds. The average Bonchev–Trinajstić information content (AvgIpc) is 3.62. The first-order chi connectivity index (χ1) is 27.5. The van der Waals surface area contributed by atoms with Crippen LogP contribution in [0, 0.1) is 57.2 Å². The lowest BCUT2D eigenvalue weighted by Gasteiger charge is -2.67. The summed E-state index contributed by atoms with van der Waals surface area (Å²) >= 11 is 0. The van der Waals surface area contributed by atoms with Gasteiger partial charge in [-0.3, -0.25) is 4.79 Å². The molecule has 1 N–H and O–H groups in total. The SMILES string of the molecule is C=CC(C)(C)CC(=O)OC1CCC2(C)C(CCC3(C)C4CCC(CCC)(C(O)c5nnc(-c6ccc(CC)cc6)n5CC[B]C)/C(=C(\CC)C(C)C)C4CCC32)C1C. The molecule has 1 heterocycles. The van der Waals surface area contributed by atoms with E-state index in [1.54, 1.807) is 11.1 Å². The minimum atomic E-state index is -0.730. The van der Waals surface area contributed by atoms with E-state index >= 15 is 0 Å². The fourth-order valence-corrected chi connectivity index (χ4v) is 13.8. The van der Waals surface area contributed by atoms with Gasteiger partial charge in [-0.2, -0.15) is 0 Å². The van der Waals surface area contributed by atoms with Gasteiger partial charge in [-0.25, -0.2) is 0 Å². The normalized spacial score (nSPS) is 33.7. The van der Waals surface area contributed by atoms with Crippen molar-refractivity contribution in [2.24, 2.45) is 57.2 Å². The molecule has 0 spiro atoms. The number of aromatic nitrogens is 3. The van der Waals surface area contributed by atoms with E-state index in [-0.39, 0.29) is 33.7 Å². The molecule has 0 saturated heterocycles. The number of hydrogen-bond donors (Lipinski definition) is 1. The summed E-state index contributed by atoms with van der Waals surface area (Å²) < 4.78 is 8.55. The van der Waals surface area contributed by atoms with E-state index in [1.165, 1.54) is 31.2 Å². The van der Waals surface area contributed by atoms with Gasteiger partial charge in [0.05, 0.1) is 6.42 Å². The quantitative estimate of drug-likeness (QED) is 0.110. The number of nitrogens with zero attached hydrogens (tertiary/aromatic N) is 3. The van der Waals surface area contributed by atoms with E-state index in [4.69, 9.17) is 14.9 Å². The summed E-state index contributed by atoms with van der Waals surface area (Å²) in [4.78, 5) is 13.2. The standard InChI is InChI=1S/C51H79BN3O3/c1-13-26-51(45(57)47-54-53-46(55(47)31-30-52-12)36-19-17-35(14-2)18-20-36)29-24-40-38(44(51)37(15-3)33(5)6)21-22-42-49(10)28-25-41(58-43(56)32-48(8,9)16-4)34(7)39(49)23-27-50(40,42)11/h16-20,33-34,38-42,45,57H,4,13-15,21-32H2,1-3,5-12H3/b44-37+. The van der Waals surface area contributed by atoms with Gasteiger partial charge in [-0.15, -0.1) is 16.8 Å². The number of aliphatic hydroxyl groups is 1. The molecule has 4 fully saturated rings. The van der Waals surface area contributed by atoms with Gasteiger partial charge in [0.25, 0.3) is 0 Å². The van der Waals surface area contributed by atoms with Gasteiger partial charge in [0.2, 0.25) is 0 Å². The van der Waals surface area contributed by atoms with Crippen LogP contribution in [0.2, 0.25) is 13.1 Å². The number of aliphatic hydroxyl groups excluding tert-OH is 1. The molecule has 4 aliphatic rings. The van der Waals surface area contributed by atoms with Crippen molar-refractivity contribution >= 4 is 13.2 Å². The summed E-state index contributed by atoms with van der Waals surface area (Å²) in [5.74, 6) is 4.54. The number of allylic oxidation sites excluding steroid dienone is 2. The highest BCUT2D eigenvalue weighted by molar-refractivity contribution is 6.33. The number of carbonyl (C=O) groups excluding carboxylic acids is 1. The van der Waals surface area contributed by atoms with Gasteiger partial charge in [-0.1, -0.05) is 130 Å². The van der Waals surface area contributed by atoms with E-state index in [2.05, 4.69) is 119 Å². The Labute approximate surface area is 354 Å². The second kappa shape index (κ2) is 17.7. The largest absolute Gasteiger partial charge is 0.462 e. The lowest BCUT2D eigenvalue weighted by atomic mass is 9.37. The Hall–Kier alpha value is -2.67. The third kappa shape index (κ3) is 7.98. The predicted octanol–water partition coefficient (Wildman–Crippen LogP) is 12.7. The Morgan fingerprint density at radius 1 is 1.02 bits per heavy atom. The molecule has 1 aromatic heterocycles. The molecular weight excluding hydrogens is 713 g/mol. The zero-order valence-corrected chi connectivity index (χ0v) is 38.5. The summed E-state index contributed by atoms with van der Waals surface area (Å²) in [5.41, 5.74) is 5.36. The monoisotopic (exact) mass is 793 g/mol. The molecular formula is C51H79BN3O3. The first-order valence-corrected chi connectivity index (χ1v) is 23.6. The van der Waals surface area contributed by atoms with Gasteiger partial charge in [0, 0.05) is 17.5 Å². The molecule has 0 bridgehead atoms. The topological polar surface area (TPSA) is 77.2 Å². The van der Waals surface area contributed by atoms with E-state index in [0.717, 1.165) is 81.4 Å². The lowest BCUT2D eigenvalue weighted by Crippen LogP contribution is -2.61. The van der Waals surface area contributed by atoms with Crippen molar-refractivity contribution in [2.45, 2.75) is 185 Å². The van der Waals surface area contributed by atoms with Crippen LogP contribution in [0.5, 0.6) is 0 Å². The summed E-state index contributed by atoms with van der Waals surface area (Å²) in [7, 11) is 2.21. The molecule has 319 valence electrons. The number of carbonyl (C=O) groups is 1. The number of rotatable bonds is 15. The lowest BCUT2D eigenvalue weighted by molar-refractivity contribution is -0.193. The summed E-state index contributed by atoms with van der Waals surface area (Å²) in [6.45, 7) is 30.3. The van der Waals surface area contributed by atoms with Crippen molar-refractivity contribution in [3.8, 4) is 11.4 Å². The fraction of sp³-hybridized carbons (Fsp3) is 0.745. The third-order valence-electron chi connectivity index (χ3n) is 16.9. The number of benzene rings is 1. The summed E-state index contributed by atoms with van der Waals surface area (Å²) in [6, 6.07) is 8.75. The Bertz CT molecular complexity index is 1780. The molecule has 1 radical (unpaired) electrons. The number of ether oxygens (including phenoxy) is 1. The zero-order chi connectivity index (χ0) is 42.2. The van der Waals surface area contributed by atoms with Gasteiger partial charge >= 0.3 is 5.97 Å². The maximum absolute atomic E-state index is 13.2. The molecule has 2 aromatic rings. The first-order valence-electron chi connectivity index (χ1n) is 23.6. The Morgan fingerprint density at radius 2 is 1.69 bits per heavy atom. The highest BCUT2D eigenvalue weighted by Gasteiger charge is 2.64. The van der Waals surface area contributed by atoms with Crippen LogP contribution in [0.3, 0.4) is 0 Å². The van der Waals surface area contributed by atoms with Crippen molar-refractivity contribution in [3.63, 3.8) is 0 Å². The van der Waals surface area contributed by atoms with Crippen LogP contribution < -0.4 is 0 Å². The second-order valence-corrected chi connectivity index (χ2v) is 20.9. The van der Waals surface area contributed by atoms with Crippen LogP contribution in [-0.2, 0) is 22.5 Å². The number of aryl methyl sites for hydroxylation is 1. The molecule has 10 atom stereocenters. The molecule has 6 rings (SSSR count). The van der Waals surface area contributed by atoms with Crippen molar-refractivity contribution in [1.82, 2.24) is 14.8 Å². The van der Waals surface area contributed by atoms with Crippen molar-refractivity contribution < 1.29 is 14.6 Å². The molecule has 4 saturated carbocycles. The van der Waals surface area contributed by atoms with Crippen molar-refractivity contribution in [2.75, 3.05) is 0 Å². The van der Waals surface area contributed by atoms with Crippen molar-refractivity contribution in [3.05, 3.63) is 59.5 Å².